The van der Waals surface area contributed by atoms with E-state index < -0.39 is 0 Å². The molecule has 0 aromatic heterocycles. The topological polar surface area (TPSA) is 0 Å². The van der Waals surface area contributed by atoms with Crippen LogP contribution in [-0.4, -0.2) is 0 Å². The monoisotopic (exact) mass is 122 g/mol. The minimum absolute atomic E-state index is 0. The molecule has 0 aliphatic heterocycles. The number of hydrogen-bond acceptors (Lipinski definition) is 0. The van der Waals surface area contributed by atoms with Gasteiger partial charge in [0.1, 0.15) is 0 Å². The molecule has 0 atom stereocenters. The largest absolute Gasteiger partial charge is 0.0991 e. The van der Waals surface area contributed by atoms with Crippen molar-refractivity contribution >= 4 is 0 Å². The van der Waals surface area contributed by atoms with Gasteiger partial charge in [-0.1, -0.05) is 44.6 Å². The van der Waals surface area contributed by atoms with Crippen molar-refractivity contribution in [2.45, 2.75) is 26.2 Å². The number of rotatable bonds is 4. The molecule has 9 heavy (non-hydrogen) atoms. The zero-order chi connectivity index (χ0) is 6.24. The minimum Gasteiger partial charge on any atom is -0.0991 e. The van der Waals surface area contributed by atoms with Gasteiger partial charge in [0.2, 0.25) is 0 Å². The minimum atomic E-state index is 0. The summed E-state index contributed by atoms with van der Waals surface area (Å²) in [4.78, 5) is 0. The second-order valence-corrected chi connectivity index (χ2v) is 1.81. The summed E-state index contributed by atoms with van der Waals surface area (Å²) in [6.07, 6.45) is 9.73. The van der Waals surface area contributed by atoms with E-state index in [1.165, 1.54) is 19.3 Å². The fourth-order valence-electron chi connectivity index (χ4n) is 0.514. The molecule has 4 radical (unpaired) electrons. The Balaban J connectivity index is 0. The van der Waals surface area contributed by atoms with Gasteiger partial charge in [-0.05, 0) is 6.42 Å². The summed E-state index contributed by atoms with van der Waals surface area (Å²) >= 11 is 0. The van der Waals surface area contributed by atoms with Gasteiger partial charge in [-0.3, -0.25) is 0 Å². The third-order valence-electron chi connectivity index (χ3n) is 0.997. The molecule has 0 aliphatic carbocycles. The summed E-state index contributed by atoms with van der Waals surface area (Å²) in [7, 11) is 0. The Hall–Kier alpha value is -0.520. The second-order valence-electron chi connectivity index (χ2n) is 1.81. The average Bonchev–Trinajstić information content (AvgIpc) is 1.81. The van der Waals surface area contributed by atoms with E-state index >= 15 is 0 Å². The predicted octanol–water partition coefficient (Wildman–Crippen LogP) is 3.00. The summed E-state index contributed by atoms with van der Waals surface area (Å²) < 4.78 is 0. The third-order valence-corrected chi connectivity index (χ3v) is 0.997. The molecule has 0 spiro atoms. The second kappa shape index (κ2) is 10.5. The van der Waals surface area contributed by atoms with E-state index in [1.54, 1.807) is 0 Å². The SMILES string of the molecule is C=CC=CCCCC.[C]. The highest BCUT2D eigenvalue weighted by atomic mass is 13.8. The number of hydrogen-bond donors (Lipinski definition) is 0. The van der Waals surface area contributed by atoms with Crippen LogP contribution in [0.1, 0.15) is 26.2 Å². The molecule has 0 unspecified atom stereocenters. The van der Waals surface area contributed by atoms with Crippen LogP contribution in [0.4, 0.5) is 0 Å². The first-order chi connectivity index (χ1) is 3.91. The lowest BCUT2D eigenvalue weighted by Gasteiger charge is -1.84. The molecular weight excluding hydrogens is 108 g/mol. The molecule has 0 rings (SSSR count). The molecule has 50 valence electrons. The van der Waals surface area contributed by atoms with E-state index in [4.69, 9.17) is 0 Å². The van der Waals surface area contributed by atoms with Gasteiger partial charge in [0.25, 0.3) is 0 Å². The molecule has 0 N–H and O–H groups in total. The van der Waals surface area contributed by atoms with Crippen LogP contribution in [0.2, 0.25) is 0 Å². The van der Waals surface area contributed by atoms with Gasteiger partial charge in [-0.2, -0.15) is 0 Å². The van der Waals surface area contributed by atoms with E-state index in [-0.39, 0.29) is 7.43 Å². The van der Waals surface area contributed by atoms with Crippen molar-refractivity contribution < 1.29 is 0 Å². The maximum absolute atomic E-state index is 3.57. The van der Waals surface area contributed by atoms with Gasteiger partial charge < -0.3 is 0 Å². The molecule has 0 aliphatic rings. The van der Waals surface area contributed by atoms with Gasteiger partial charge in [-0.25, -0.2) is 0 Å². The van der Waals surface area contributed by atoms with Crippen LogP contribution in [0.25, 0.3) is 0 Å². The van der Waals surface area contributed by atoms with Gasteiger partial charge in [0, 0.05) is 7.43 Å². The van der Waals surface area contributed by atoms with Crippen molar-refractivity contribution in [2.75, 3.05) is 0 Å². The lowest BCUT2D eigenvalue weighted by molar-refractivity contribution is 0.815. The molecule has 0 bridgehead atoms. The Bertz CT molecular complexity index is 70.1. The molecule has 0 aromatic rings. The fraction of sp³-hybridized carbons (Fsp3) is 0.444. The lowest BCUT2D eigenvalue weighted by Crippen LogP contribution is -1.64. The molecule has 0 heterocycles. The highest BCUT2D eigenvalue weighted by Gasteiger charge is 1.73. The Morgan fingerprint density at radius 1 is 1.44 bits per heavy atom. The number of allylic oxidation sites excluding steroid dienone is 3. The molecular formula is C9H14. The predicted molar refractivity (Wildman–Crippen MR) is 42.1 cm³/mol. The van der Waals surface area contributed by atoms with Crippen LogP contribution in [0, 0.1) is 7.43 Å². The van der Waals surface area contributed by atoms with E-state index in [9.17, 15) is 0 Å². The maximum atomic E-state index is 3.57. The maximum Gasteiger partial charge on any atom is 0 e. The Kier molecular flexibility index (Phi) is 13.1. The third kappa shape index (κ3) is 11.2. The van der Waals surface area contributed by atoms with Gasteiger partial charge >= 0.3 is 0 Å². The van der Waals surface area contributed by atoms with E-state index in [1.807, 2.05) is 12.2 Å². The first kappa shape index (κ1) is 11.3. The van der Waals surface area contributed by atoms with E-state index in [0.29, 0.717) is 0 Å². The summed E-state index contributed by atoms with van der Waals surface area (Å²) in [6.45, 7) is 5.77. The molecule has 0 saturated heterocycles. The Morgan fingerprint density at radius 2 is 2.11 bits per heavy atom. The zero-order valence-electron chi connectivity index (χ0n) is 6.06. The Morgan fingerprint density at radius 3 is 2.56 bits per heavy atom. The number of unbranched alkanes of at least 4 members (excludes halogenated alkanes) is 2. The van der Waals surface area contributed by atoms with E-state index in [0.717, 1.165) is 0 Å². The first-order valence-electron chi connectivity index (χ1n) is 3.19. The Labute approximate surface area is 59.3 Å². The van der Waals surface area contributed by atoms with Crippen LogP contribution in [0.15, 0.2) is 24.8 Å². The summed E-state index contributed by atoms with van der Waals surface area (Å²) in [5.41, 5.74) is 0. The highest BCUT2D eigenvalue weighted by molar-refractivity contribution is 4.96. The first-order valence-corrected chi connectivity index (χ1v) is 3.19. The quantitative estimate of drug-likeness (QED) is 0.397. The standard InChI is InChI=1S/C8H14.C/c1-3-5-7-8-6-4-2;/h3,5,7H,1,4,6,8H2,2H3;. The average molecular weight is 122 g/mol. The van der Waals surface area contributed by atoms with Crippen LogP contribution in [-0.2, 0) is 0 Å². The molecule has 0 heteroatoms. The summed E-state index contributed by atoms with van der Waals surface area (Å²) in [5.74, 6) is 0. The lowest BCUT2D eigenvalue weighted by atomic mass is 10.2. The zero-order valence-corrected chi connectivity index (χ0v) is 6.06. The van der Waals surface area contributed by atoms with Crippen molar-refractivity contribution in [3.05, 3.63) is 32.2 Å². The van der Waals surface area contributed by atoms with Crippen LogP contribution in [0.3, 0.4) is 0 Å². The normalized spacial score (nSPS) is 9.00. The van der Waals surface area contributed by atoms with Gasteiger partial charge in [0.05, 0.1) is 0 Å². The van der Waals surface area contributed by atoms with Crippen LogP contribution in [0.5, 0.6) is 0 Å². The summed E-state index contributed by atoms with van der Waals surface area (Å²) in [5, 5.41) is 0. The van der Waals surface area contributed by atoms with Crippen molar-refractivity contribution in [3.63, 3.8) is 0 Å². The van der Waals surface area contributed by atoms with Crippen molar-refractivity contribution in [1.29, 1.82) is 0 Å². The molecule has 0 saturated carbocycles. The van der Waals surface area contributed by atoms with Crippen molar-refractivity contribution in [3.8, 4) is 0 Å². The highest BCUT2D eigenvalue weighted by Crippen LogP contribution is 1.93. The van der Waals surface area contributed by atoms with Gasteiger partial charge in [-0.15, -0.1) is 0 Å². The van der Waals surface area contributed by atoms with Crippen LogP contribution < -0.4 is 0 Å². The van der Waals surface area contributed by atoms with E-state index in [2.05, 4.69) is 19.6 Å². The van der Waals surface area contributed by atoms with Crippen molar-refractivity contribution in [2.24, 2.45) is 0 Å². The molecule has 0 nitrogen and oxygen atoms in total. The molecule has 0 aromatic carbocycles. The fourth-order valence-corrected chi connectivity index (χ4v) is 0.514. The van der Waals surface area contributed by atoms with Crippen LogP contribution >= 0.6 is 0 Å². The van der Waals surface area contributed by atoms with Gasteiger partial charge in [0.15, 0.2) is 0 Å². The molecule has 0 amide bonds. The van der Waals surface area contributed by atoms with Crippen molar-refractivity contribution in [1.82, 2.24) is 0 Å². The molecule has 0 fully saturated rings. The smallest absolute Gasteiger partial charge is 0 e. The summed E-state index contributed by atoms with van der Waals surface area (Å²) in [6, 6.07) is 0.